The smallest absolute Gasteiger partial charge is 0.198 e. The molecule has 0 aromatic heterocycles. The predicted octanol–water partition coefficient (Wildman–Crippen LogP) is 2.66. The van der Waals surface area contributed by atoms with Gasteiger partial charge in [0, 0.05) is 24.1 Å². The zero-order chi connectivity index (χ0) is 13.7. The molecule has 0 radical (unpaired) electrons. The van der Waals surface area contributed by atoms with E-state index >= 15 is 0 Å². The Morgan fingerprint density at radius 2 is 1.74 bits per heavy atom. The third kappa shape index (κ3) is 4.27. The van der Waals surface area contributed by atoms with Crippen LogP contribution in [0.2, 0.25) is 0 Å². The number of benzene rings is 1. The summed E-state index contributed by atoms with van der Waals surface area (Å²) in [6, 6.07) is 7.64. The van der Waals surface area contributed by atoms with E-state index in [1.807, 2.05) is 24.3 Å². The highest BCUT2D eigenvalue weighted by Gasteiger charge is 2.22. The molecule has 19 heavy (non-hydrogen) atoms. The summed E-state index contributed by atoms with van der Waals surface area (Å²) >= 11 is 3.42. The quantitative estimate of drug-likeness (QED) is 0.910. The van der Waals surface area contributed by atoms with Crippen molar-refractivity contribution in [3.63, 3.8) is 0 Å². The topological polar surface area (TPSA) is 49.4 Å². The third-order valence-corrected chi connectivity index (χ3v) is 5.64. The van der Waals surface area contributed by atoms with E-state index in [4.69, 9.17) is 0 Å². The second-order valence-electron chi connectivity index (χ2n) is 4.73. The Labute approximate surface area is 123 Å². The molecule has 2 rings (SSSR count). The van der Waals surface area contributed by atoms with Crippen molar-refractivity contribution in [2.75, 3.05) is 13.1 Å². The Balaban J connectivity index is 1.99. The van der Waals surface area contributed by atoms with Crippen molar-refractivity contribution in [1.82, 2.24) is 9.03 Å². The summed E-state index contributed by atoms with van der Waals surface area (Å²) in [5.41, 5.74) is 0.945. The van der Waals surface area contributed by atoms with Gasteiger partial charge < -0.3 is 0 Å². The van der Waals surface area contributed by atoms with Gasteiger partial charge in [-0.15, -0.1) is 0 Å². The molecule has 1 heterocycles. The molecule has 106 valence electrons. The number of rotatable bonds is 4. The Bertz CT molecular complexity index is 511. The fourth-order valence-corrected chi connectivity index (χ4v) is 3.87. The molecule has 1 aliphatic rings. The summed E-state index contributed by atoms with van der Waals surface area (Å²) in [6.07, 6.45) is 4.15. The summed E-state index contributed by atoms with van der Waals surface area (Å²) in [5.74, 6) is 0. The molecule has 6 heteroatoms. The number of halogens is 1. The molecule has 0 unspecified atom stereocenters. The lowest BCUT2D eigenvalue weighted by atomic mass is 10.2. The van der Waals surface area contributed by atoms with Crippen LogP contribution in [0, 0.1) is 0 Å². The van der Waals surface area contributed by atoms with Gasteiger partial charge in [0.1, 0.15) is 0 Å². The minimum Gasteiger partial charge on any atom is -0.198 e. The van der Waals surface area contributed by atoms with Gasteiger partial charge in [0.15, 0.2) is 0 Å². The summed E-state index contributed by atoms with van der Waals surface area (Å²) in [6.45, 7) is 1.58. The zero-order valence-corrected chi connectivity index (χ0v) is 13.2. The second kappa shape index (κ2) is 6.83. The first-order chi connectivity index (χ1) is 9.09. The first-order valence-corrected chi connectivity index (χ1v) is 8.81. The fraction of sp³-hybridized carbons (Fsp3) is 0.538. The lowest BCUT2D eigenvalue weighted by molar-refractivity contribution is 0.414. The van der Waals surface area contributed by atoms with Gasteiger partial charge in [0.05, 0.1) is 0 Å². The molecule has 0 atom stereocenters. The van der Waals surface area contributed by atoms with E-state index in [9.17, 15) is 8.42 Å². The van der Waals surface area contributed by atoms with Crippen molar-refractivity contribution >= 4 is 26.1 Å². The van der Waals surface area contributed by atoms with Gasteiger partial charge in [-0.3, -0.25) is 0 Å². The van der Waals surface area contributed by atoms with Crippen LogP contribution in [-0.2, 0) is 16.8 Å². The summed E-state index contributed by atoms with van der Waals surface area (Å²) in [7, 11) is -3.36. The van der Waals surface area contributed by atoms with Gasteiger partial charge in [-0.2, -0.15) is 17.4 Å². The van der Waals surface area contributed by atoms with Gasteiger partial charge in [0.25, 0.3) is 10.2 Å². The van der Waals surface area contributed by atoms with Gasteiger partial charge >= 0.3 is 0 Å². The Morgan fingerprint density at radius 3 is 2.37 bits per heavy atom. The normalized spacial score (nSPS) is 18.2. The summed E-state index contributed by atoms with van der Waals surface area (Å²) < 4.78 is 29.6. The maximum absolute atomic E-state index is 12.2. The molecule has 1 N–H and O–H groups in total. The minimum atomic E-state index is -3.36. The lowest BCUT2D eigenvalue weighted by Gasteiger charge is -2.20. The van der Waals surface area contributed by atoms with Crippen LogP contribution in [0.4, 0.5) is 0 Å². The number of hydrogen-bond donors (Lipinski definition) is 1. The van der Waals surface area contributed by atoms with E-state index < -0.39 is 10.2 Å². The van der Waals surface area contributed by atoms with Crippen LogP contribution in [0.5, 0.6) is 0 Å². The van der Waals surface area contributed by atoms with Crippen LogP contribution in [0.3, 0.4) is 0 Å². The first-order valence-electron chi connectivity index (χ1n) is 6.58. The van der Waals surface area contributed by atoms with Crippen LogP contribution in [-0.4, -0.2) is 25.8 Å². The maximum Gasteiger partial charge on any atom is 0.279 e. The molecule has 4 nitrogen and oxygen atoms in total. The van der Waals surface area contributed by atoms with E-state index in [-0.39, 0.29) is 0 Å². The monoisotopic (exact) mass is 346 g/mol. The molecule has 1 aliphatic heterocycles. The van der Waals surface area contributed by atoms with Gasteiger partial charge in [-0.25, -0.2) is 0 Å². The largest absolute Gasteiger partial charge is 0.279 e. The Morgan fingerprint density at radius 1 is 1.11 bits per heavy atom. The van der Waals surface area contributed by atoms with Crippen LogP contribution in [0.15, 0.2) is 28.7 Å². The van der Waals surface area contributed by atoms with Crippen LogP contribution >= 0.6 is 15.9 Å². The van der Waals surface area contributed by atoms with Crippen LogP contribution in [0.25, 0.3) is 0 Å². The van der Waals surface area contributed by atoms with Crippen molar-refractivity contribution in [2.45, 2.75) is 32.2 Å². The van der Waals surface area contributed by atoms with Gasteiger partial charge in [0.2, 0.25) is 0 Å². The summed E-state index contributed by atoms with van der Waals surface area (Å²) in [4.78, 5) is 0. The molecule has 0 aliphatic carbocycles. The van der Waals surface area contributed by atoms with Gasteiger partial charge in [-0.1, -0.05) is 47.0 Å². The molecule has 1 saturated heterocycles. The molecule has 0 bridgehead atoms. The van der Waals surface area contributed by atoms with E-state index in [1.165, 1.54) is 0 Å². The molecule has 0 spiro atoms. The lowest BCUT2D eigenvalue weighted by Crippen LogP contribution is -2.40. The number of hydrogen-bond acceptors (Lipinski definition) is 2. The van der Waals surface area contributed by atoms with E-state index in [0.29, 0.717) is 19.6 Å². The molecule has 1 fully saturated rings. The van der Waals surface area contributed by atoms with E-state index in [1.54, 1.807) is 4.31 Å². The van der Waals surface area contributed by atoms with Crippen molar-refractivity contribution in [2.24, 2.45) is 0 Å². The molecule has 1 aromatic carbocycles. The van der Waals surface area contributed by atoms with Crippen LogP contribution < -0.4 is 4.72 Å². The highest BCUT2D eigenvalue weighted by atomic mass is 79.9. The average Bonchev–Trinajstić information content (AvgIpc) is 2.67. The molecular formula is C13H19BrN2O2S. The Kier molecular flexibility index (Phi) is 5.38. The van der Waals surface area contributed by atoms with Crippen molar-refractivity contribution < 1.29 is 8.42 Å². The Hall–Kier alpha value is -0.430. The average molecular weight is 347 g/mol. The molecular weight excluding hydrogens is 328 g/mol. The number of nitrogens with one attached hydrogen (secondary N) is 1. The van der Waals surface area contributed by atoms with E-state index in [0.717, 1.165) is 35.7 Å². The highest BCUT2D eigenvalue weighted by molar-refractivity contribution is 9.10. The molecule has 1 aromatic rings. The number of nitrogens with zero attached hydrogens (tertiary/aromatic N) is 1. The van der Waals surface area contributed by atoms with Crippen molar-refractivity contribution in [3.05, 3.63) is 34.3 Å². The SMILES string of the molecule is O=S(=O)(NCc1ccccc1Br)N1CCCCCC1. The minimum absolute atomic E-state index is 0.320. The highest BCUT2D eigenvalue weighted by Crippen LogP contribution is 2.17. The zero-order valence-electron chi connectivity index (χ0n) is 10.8. The third-order valence-electron chi connectivity index (χ3n) is 3.31. The van der Waals surface area contributed by atoms with E-state index in [2.05, 4.69) is 20.7 Å². The van der Waals surface area contributed by atoms with Gasteiger partial charge in [-0.05, 0) is 24.5 Å². The van der Waals surface area contributed by atoms with Crippen LogP contribution in [0.1, 0.15) is 31.2 Å². The predicted molar refractivity (Wildman–Crippen MR) is 79.9 cm³/mol. The molecule has 0 saturated carbocycles. The standard InChI is InChI=1S/C13H19BrN2O2S/c14-13-8-4-3-7-12(13)11-15-19(17,18)16-9-5-1-2-6-10-16/h3-4,7-8,15H,1-2,5-6,9-11H2. The fourth-order valence-electron chi connectivity index (χ4n) is 2.18. The second-order valence-corrected chi connectivity index (χ2v) is 7.34. The summed E-state index contributed by atoms with van der Waals surface area (Å²) in [5, 5.41) is 0. The molecule has 0 amide bonds. The first kappa shape index (κ1) is 15.0. The maximum atomic E-state index is 12.2. The van der Waals surface area contributed by atoms with Crippen molar-refractivity contribution in [1.29, 1.82) is 0 Å². The van der Waals surface area contributed by atoms with Crippen molar-refractivity contribution in [3.8, 4) is 0 Å².